The normalized spacial score (nSPS) is 19.2. The second kappa shape index (κ2) is 4.70. The molecule has 0 radical (unpaired) electrons. The number of rotatable bonds is 4. The zero-order valence-electron chi connectivity index (χ0n) is 10.4. The highest BCUT2D eigenvalue weighted by Gasteiger charge is 2.28. The van der Waals surface area contributed by atoms with Gasteiger partial charge in [0.05, 0.1) is 0 Å². The van der Waals surface area contributed by atoms with Crippen LogP contribution >= 0.6 is 11.5 Å². The van der Waals surface area contributed by atoms with Crippen molar-refractivity contribution in [2.24, 2.45) is 5.41 Å². The quantitative estimate of drug-likeness (QED) is 0.871. The molecular formula is C12H21N3S. The van der Waals surface area contributed by atoms with Gasteiger partial charge in [0.2, 0.25) is 5.13 Å². The topological polar surface area (TPSA) is 37.8 Å². The smallest absolute Gasteiger partial charge is 0.202 e. The molecule has 2 rings (SSSR count). The highest BCUT2D eigenvalue weighted by Crippen LogP contribution is 2.37. The third kappa shape index (κ3) is 2.73. The summed E-state index contributed by atoms with van der Waals surface area (Å²) in [5.74, 6) is 1.39. The predicted octanol–water partition coefficient (Wildman–Crippen LogP) is 3.65. The molecule has 1 aromatic heterocycles. The monoisotopic (exact) mass is 239 g/mol. The lowest BCUT2D eigenvalue weighted by Gasteiger charge is -2.23. The Hall–Kier alpha value is -0.640. The summed E-state index contributed by atoms with van der Waals surface area (Å²) in [6, 6.07) is 0. The summed E-state index contributed by atoms with van der Waals surface area (Å²) >= 11 is 1.49. The van der Waals surface area contributed by atoms with E-state index in [-0.39, 0.29) is 0 Å². The number of anilines is 1. The minimum Gasteiger partial charge on any atom is -0.360 e. The minimum atomic E-state index is 0.425. The van der Waals surface area contributed by atoms with Gasteiger partial charge in [0.25, 0.3) is 0 Å². The predicted molar refractivity (Wildman–Crippen MR) is 69.1 cm³/mol. The highest BCUT2D eigenvalue weighted by atomic mass is 32.1. The van der Waals surface area contributed by atoms with Crippen LogP contribution in [-0.4, -0.2) is 15.9 Å². The van der Waals surface area contributed by atoms with Crippen LogP contribution in [0.5, 0.6) is 0 Å². The first-order chi connectivity index (χ1) is 7.59. The Morgan fingerprint density at radius 1 is 1.38 bits per heavy atom. The van der Waals surface area contributed by atoms with Crippen molar-refractivity contribution in [3.05, 3.63) is 5.82 Å². The van der Waals surface area contributed by atoms with Gasteiger partial charge < -0.3 is 5.32 Å². The maximum atomic E-state index is 4.50. The van der Waals surface area contributed by atoms with E-state index >= 15 is 0 Å². The SMILES string of the molecule is CC(C)c1nsc(NCC2(C)CCCC2)n1. The zero-order valence-corrected chi connectivity index (χ0v) is 11.2. The highest BCUT2D eigenvalue weighted by molar-refractivity contribution is 7.09. The van der Waals surface area contributed by atoms with Crippen molar-refractivity contribution in [3.8, 4) is 0 Å². The molecule has 0 amide bonds. The average molecular weight is 239 g/mol. The van der Waals surface area contributed by atoms with Gasteiger partial charge >= 0.3 is 0 Å². The fourth-order valence-corrected chi connectivity index (χ4v) is 2.94. The summed E-state index contributed by atoms with van der Waals surface area (Å²) < 4.78 is 4.35. The van der Waals surface area contributed by atoms with Crippen LogP contribution in [0.1, 0.15) is 58.2 Å². The molecule has 0 aliphatic heterocycles. The van der Waals surface area contributed by atoms with E-state index in [0.717, 1.165) is 17.5 Å². The summed E-state index contributed by atoms with van der Waals surface area (Å²) in [5.41, 5.74) is 0.476. The molecule has 0 spiro atoms. The van der Waals surface area contributed by atoms with E-state index in [1.165, 1.54) is 37.2 Å². The van der Waals surface area contributed by atoms with E-state index in [2.05, 4.69) is 35.4 Å². The number of hydrogen-bond acceptors (Lipinski definition) is 4. The van der Waals surface area contributed by atoms with Gasteiger partial charge in [0.1, 0.15) is 5.82 Å². The largest absolute Gasteiger partial charge is 0.360 e. The summed E-state index contributed by atoms with van der Waals surface area (Å²) in [7, 11) is 0. The fraction of sp³-hybridized carbons (Fsp3) is 0.833. The third-order valence-electron chi connectivity index (χ3n) is 3.44. The Labute approximate surface area is 102 Å². The van der Waals surface area contributed by atoms with E-state index in [1.807, 2.05) is 0 Å². The Morgan fingerprint density at radius 3 is 2.62 bits per heavy atom. The molecule has 0 atom stereocenters. The molecule has 0 aromatic carbocycles. The van der Waals surface area contributed by atoms with Crippen LogP contribution in [0.2, 0.25) is 0 Å². The molecule has 1 aromatic rings. The van der Waals surface area contributed by atoms with Crippen molar-refractivity contribution in [2.75, 3.05) is 11.9 Å². The molecular weight excluding hydrogens is 218 g/mol. The van der Waals surface area contributed by atoms with Crippen molar-refractivity contribution in [1.82, 2.24) is 9.36 Å². The second-order valence-corrected chi connectivity index (χ2v) is 6.24. The van der Waals surface area contributed by atoms with Crippen molar-refractivity contribution < 1.29 is 0 Å². The van der Waals surface area contributed by atoms with Crippen LogP contribution < -0.4 is 5.32 Å². The van der Waals surface area contributed by atoms with Crippen LogP contribution in [0.4, 0.5) is 5.13 Å². The van der Waals surface area contributed by atoms with Crippen LogP contribution in [0, 0.1) is 5.41 Å². The molecule has 1 aliphatic carbocycles. The van der Waals surface area contributed by atoms with Crippen molar-refractivity contribution in [1.29, 1.82) is 0 Å². The first-order valence-corrected chi connectivity index (χ1v) is 6.94. The van der Waals surface area contributed by atoms with Crippen molar-refractivity contribution in [2.45, 2.75) is 52.4 Å². The maximum Gasteiger partial charge on any atom is 0.202 e. The Kier molecular flexibility index (Phi) is 3.47. The lowest BCUT2D eigenvalue weighted by Crippen LogP contribution is -2.22. The molecule has 90 valence electrons. The molecule has 0 saturated heterocycles. The average Bonchev–Trinajstić information content (AvgIpc) is 2.84. The summed E-state index contributed by atoms with van der Waals surface area (Å²) in [4.78, 5) is 4.50. The van der Waals surface area contributed by atoms with Crippen molar-refractivity contribution >= 4 is 16.7 Å². The Bertz CT molecular complexity index is 340. The summed E-state index contributed by atoms with van der Waals surface area (Å²) in [5, 5.41) is 4.43. The van der Waals surface area contributed by atoms with Gasteiger partial charge in [-0.15, -0.1) is 0 Å². The number of nitrogens with zero attached hydrogens (tertiary/aromatic N) is 2. The van der Waals surface area contributed by atoms with Crippen molar-refractivity contribution in [3.63, 3.8) is 0 Å². The molecule has 1 aliphatic rings. The van der Waals surface area contributed by atoms with Gasteiger partial charge in [-0.1, -0.05) is 33.6 Å². The van der Waals surface area contributed by atoms with Gasteiger partial charge in [-0.05, 0) is 18.3 Å². The van der Waals surface area contributed by atoms with Crippen LogP contribution in [0.3, 0.4) is 0 Å². The van der Waals surface area contributed by atoms with Gasteiger partial charge in [-0.2, -0.15) is 4.37 Å². The standard InChI is InChI=1S/C12H21N3S/c1-9(2)10-14-11(16-15-10)13-8-12(3)6-4-5-7-12/h9H,4-8H2,1-3H3,(H,13,14,15). The van der Waals surface area contributed by atoms with Gasteiger partial charge in [-0.3, -0.25) is 0 Å². The molecule has 1 N–H and O–H groups in total. The Balaban J connectivity index is 1.89. The fourth-order valence-electron chi connectivity index (χ4n) is 2.24. The van der Waals surface area contributed by atoms with Gasteiger partial charge in [0.15, 0.2) is 0 Å². The van der Waals surface area contributed by atoms with Gasteiger partial charge in [-0.25, -0.2) is 4.98 Å². The van der Waals surface area contributed by atoms with E-state index in [9.17, 15) is 0 Å². The molecule has 4 heteroatoms. The first kappa shape index (κ1) is 11.8. The maximum absolute atomic E-state index is 4.50. The first-order valence-electron chi connectivity index (χ1n) is 6.17. The zero-order chi connectivity index (χ0) is 11.6. The van der Waals surface area contributed by atoms with Crippen LogP contribution in [0.15, 0.2) is 0 Å². The summed E-state index contributed by atoms with van der Waals surface area (Å²) in [6.07, 6.45) is 5.45. The van der Waals surface area contributed by atoms with E-state index in [0.29, 0.717) is 11.3 Å². The number of hydrogen-bond donors (Lipinski definition) is 1. The number of aromatic nitrogens is 2. The van der Waals surface area contributed by atoms with E-state index < -0.39 is 0 Å². The van der Waals surface area contributed by atoms with Gasteiger partial charge in [0, 0.05) is 24.0 Å². The molecule has 0 bridgehead atoms. The lowest BCUT2D eigenvalue weighted by atomic mass is 9.89. The Morgan fingerprint density at radius 2 is 2.06 bits per heavy atom. The third-order valence-corrected chi connectivity index (χ3v) is 4.12. The summed E-state index contributed by atoms with van der Waals surface area (Å²) in [6.45, 7) is 7.67. The van der Waals surface area contributed by atoms with E-state index in [1.54, 1.807) is 0 Å². The molecule has 1 fully saturated rings. The number of nitrogens with one attached hydrogen (secondary N) is 1. The minimum absolute atomic E-state index is 0.425. The van der Waals surface area contributed by atoms with E-state index in [4.69, 9.17) is 0 Å². The molecule has 1 saturated carbocycles. The lowest BCUT2D eigenvalue weighted by molar-refractivity contribution is 0.362. The molecule has 0 unspecified atom stereocenters. The van der Waals surface area contributed by atoms with Crippen LogP contribution in [0.25, 0.3) is 0 Å². The molecule has 16 heavy (non-hydrogen) atoms. The molecule has 3 nitrogen and oxygen atoms in total. The second-order valence-electron chi connectivity index (χ2n) is 5.48. The van der Waals surface area contributed by atoms with Crippen LogP contribution in [-0.2, 0) is 0 Å². The molecule has 1 heterocycles.